The largest absolute Gasteiger partial charge is 0.475 e. The molecule has 0 aliphatic rings. The molecule has 13 heavy (non-hydrogen) atoms. The van der Waals surface area contributed by atoms with Gasteiger partial charge in [0.1, 0.15) is 0 Å². The summed E-state index contributed by atoms with van der Waals surface area (Å²) >= 11 is 0. The summed E-state index contributed by atoms with van der Waals surface area (Å²) in [5, 5.41) is 11.0. The van der Waals surface area contributed by atoms with Gasteiger partial charge >= 0.3 is 5.97 Å². The zero-order valence-electron chi connectivity index (χ0n) is 6.61. The number of primary amides is 1. The van der Waals surface area contributed by atoms with Crippen molar-refractivity contribution >= 4 is 17.8 Å². The fraction of sp³-hybridized carbons (Fsp3) is 0.143. The van der Waals surface area contributed by atoms with Crippen LogP contribution in [0.3, 0.4) is 0 Å². The predicted molar refractivity (Wildman–Crippen MR) is 43.4 cm³/mol. The van der Waals surface area contributed by atoms with Crippen molar-refractivity contribution in [2.24, 2.45) is 5.73 Å². The van der Waals surface area contributed by atoms with E-state index in [1.807, 2.05) is 0 Å². The van der Waals surface area contributed by atoms with Crippen LogP contribution in [0.5, 0.6) is 0 Å². The summed E-state index contributed by atoms with van der Waals surface area (Å²) < 4.78 is 4.78. The Labute approximate surface area is 73.3 Å². The second-order valence-electron chi connectivity index (χ2n) is 2.29. The smallest absolute Gasteiger partial charge is 0.371 e. The van der Waals surface area contributed by atoms with Crippen molar-refractivity contribution in [2.75, 3.05) is 11.9 Å². The van der Waals surface area contributed by atoms with Crippen molar-refractivity contribution in [3.63, 3.8) is 0 Å². The predicted octanol–water partition coefficient (Wildman–Crippen LogP) is -0.125. The van der Waals surface area contributed by atoms with Gasteiger partial charge in [0.2, 0.25) is 11.7 Å². The molecule has 0 aromatic carbocycles. The van der Waals surface area contributed by atoms with Crippen molar-refractivity contribution in [3.8, 4) is 0 Å². The van der Waals surface area contributed by atoms with E-state index in [9.17, 15) is 9.59 Å². The quantitative estimate of drug-likeness (QED) is 0.604. The molecular formula is C7H8N2O4. The molecule has 6 nitrogen and oxygen atoms in total. The summed E-state index contributed by atoms with van der Waals surface area (Å²) in [6, 6.07) is 2.69. The summed E-state index contributed by atoms with van der Waals surface area (Å²) in [4.78, 5) is 20.7. The normalized spacial score (nSPS) is 9.54. The zero-order valence-corrected chi connectivity index (χ0v) is 6.61. The van der Waals surface area contributed by atoms with Crippen molar-refractivity contribution in [1.29, 1.82) is 0 Å². The van der Waals surface area contributed by atoms with Crippen LogP contribution in [0, 0.1) is 0 Å². The molecule has 1 aromatic rings. The van der Waals surface area contributed by atoms with Gasteiger partial charge in [-0.15, -0.1) is 0 Å². The van der Waals surface area contributed by atoms with Gasteiger partial charge < -0.3 is 20.6 Å². The van der Waals surface area contributed by atoms with E-state index in [0.29, 0.717) is 0 Å². The number of rotatable bonds is 4. The molecule has 4 N–H and O–H groups in total. The lowest BCUT2D eigenvalue weighted by molar-refractivity contribution is -0.116. The number of carboxylic acids is 1. The Morgan fingerprint density at radius 3 is 2.69 bits per heavy atom. The molecular weight excluding hydrogens is 176 g/mol. The Morgan fingerprint density at radius 2 is 2.23 bits per heavy atom. The molecule has 0 fully saturated rings. The summed E-state index contributed by atoms with van der Waals surface area (Å²) in [6.07, 6.45) is 0. The number of anilines is 1. The van der Waals surface area contributed by atoms with E-state index in [0.717, 1.165) is 0 Å². The standard InChI is InChI=1S/C7H8N2O4/c8-5(10)3-9-6-2-1-4(13-6)7(11)12/h1-2,9H,3H2,(H2,8,10)(H,11,12). The Morgan fingerprint density at radius 1 is 1.54 bits per heavy atom. The van der Waals surface area contributed by atoms with Crippen LogP contribution in [-0.2, 0) is 4.79 Å². The third-order valence-corrected chi connectivity index (χ3v) is 1.25. The first-order valence-corrected chi connectivity index (χ1v) is 3.45. The Kier molecular flexibility index (Phi) is 2.53. The van der Waals surface area contributed by atoms with E-state index in [2.05, 4.69) is 5.32 Å². The van der Waals surface area contributed by atoms with Gasteiger partial charge in [-0.05, 0) is 6.07 Å². The second kappa shape index (κ2) is 3.61. The Hall–Kier alpha value is -1.98. The van der Waals surface area contributed by atoms with E-state index >= 15 is 0 Å². The number of hydrogen-bond donors (Lipinski definition) is 3. The number of furan rings is 1. The van der Waals surface area contributed by atoms with Gasteiger partial charge in [-0.2, -0.15) is 0 Å². The van der Waals surface area contributed by atoms with Crippen molar-refractivity contribution < 1.29 is 19.1 Å². The fourth-order valence-electron chi connectivity index (χ4n) is 0.722. The summed E-state index contributed by atoms with van der Waals surface area (Å²) in [7, 11) is 0. The number of nitrogens with one attached hydrogen (secondary N) is 1. The van der Waals surface area contributed by atoms with Crippen LogP contribution in [0.15, 0.2) is 16.5 Å². The highest BCUT2D eigenvalue weighted by Gasteiger charge is 2.08. The minimum absolute atomic E-state index is 0.0907. The van der Waals surface area contributed by atoms with Crippen LogP contribution in [0.4, 0.5) is 5.88 Å². The molecule has 0 atom stereocenters. The lowest BCUT2D eigenvalue weighted by Crippen LogP contribution is -2.21. The van der Waals surface area contributed by atoms with Crippen LogP contribution in [0.25, 0.3) is 0 Å². The maximum atomic E-state index is 10.3. The van der Waals surface area contributed by atoms with Crippen molar-refractivity contribution in [3.05, 3.63) is 17.9 Å². The Bertz CT molecular complexity index is 331. The van der Waals surface area contributed by atoms with Crippen LogP contribution in [0.2, 0.25) is 0 Å². The van der Waals surface area contributed by atoms with Crippen LogP contribution >= 0.6 is 0 Å². The van der Waals surface area contributed by atoms with Crippen molar-refractivity contribution in [2.45, 2.75) is 0 Å². The average Bonchev–Trinajstić information content (AvgIpc) is 2.48. The summed E-state index contributed by atoms with van der Waals surface area (Å²) in [5.41, 5.74) is 4.85. The van der Waals surface area contributed by atoms with Crippen LogP contribution in [0.1, 0.15) is 10.6 Å². The third-order valence-electron chi connectivity index (χ3n) is 1.25. The average molecular weight is 184 g/mol. The summed E-state index contributed by atoms with van der Waals surface area (Å²) in [5.74, 6) is -1.69. The molecule has 0 saturated carbocycles. The van der Waals surface area contributed by atoms with Crippen LogP contribution in [-0.4, -0.2) is 23.5 Å². The number of carbonyl (C=O) groups is 2. The highest BCUT2D eigenvalue weighted by Crippen LogP contribution is 2.12. The van der Waals surface area contributed by atoms with E-state index in [1.165, 1.54) is 12.1 Å². The number of amides is 1. The highest BCUT2D eigenvalue weighted by molar-refractivity contribution is 5.85. The van der Waals surface area contributed by atoms with Gasteiger partial charge in [0.25, 0.3) is 0 Å². The lowest BCUT2D eigenvalue weighted by Gasteiger charge is -1.96. The van der Waals surface area contributed by atoms with Crippen LogP contribution < -0.4 is 11.1 Å². The van der Waals surface area contributed by atoms with E-state index in [4.69, 9.17) is 15.3 Å². The monoisotopic (exact) mass is 184 g/mol. The Balaban J connectivity index is 2.59. The maximum Gasteiger partial charge on any atom is 0.371 e. The number of carbonyl (C=O) groups excluding carboxylic acids is 1. The van der Waals surface area contributed by atoms with Gasteiger partial charge in [-0.25, -0.2) is 4.79 Å². The van der Waals surface area contributed by atoms with Crippen molar-refractivity contribution in [1.82, 2.24) is 0 Å². The molecule has 0 bridgehead atoms. The second-order valence-corrected chi connectivity index (χ2v) is 2.29. The fourth-order valence-corrected chi connectivity index (χ4v) is 0.722. The molecule has 6 heteroatoms. The van der Waals surface area contributed by atoms with Gasteiger partial charge in [-0.3, -0.25) is 4.79 Å². The van der Waals surface area contributed by atoms with Gasteiger partial charge in [-0.1, -0.05) is 0 Å². The highest BCUT2D eigenvalue weighted by atomic mass is 16.4. The number of aromatic carboxylic acids is 1. The number of carboxylic acid groups (broad SMARTS) is 1. The molecule has 0 aliphatic heterocycles. The zero-order chi connectivity index (χ0) is 9.84. The minimum atomic E-state index is -1.16. The SMILES string of the molecule is NC(=O)CNc1ccc(C(=O)O)o1. The molecule has 0 spiro atoms. The first-order valence-electron chi connectivity index (χ1n) is 3.45. The molecule has 1 amide bonds. The van der Waals surface area contributed by atoms with Gasteiger partial charge in [0, 0.05) is 6.07 Å². The van der Waals surface area contributed by atoms with Gasteiger partial charge in [0.05, 0.1) is 6.54 Å². The molecule has 1 rings (SSSR count). The number of nitrogens with two attached hydrogens (primary N) is 1. The van der Waals surface area contributed by atoms with Gasteiger partial charge in [0.15, 0.2) is 5.88 Å². The molecule has 1 heterocycles. The maximum absolute atomic E-state index is 10.3. The molecule has 0 saturated heterocycles. The van der Waals surface area contributed by atoms with E-state index in [-0.39, 0.29) is 18.2 Å². The first kappa shape index (κ1) is 9.11. The van der Waals surface area contributed by atoms with E-state index < -0.39 is 11.9 Å². The minimum Gasteiger partial charge on any atom is -0.475 e. The lowest BCUT2D eigenvalue weighted by atomic mass is 10.4. The topological polar surface area (TPSA) is 106 Å². The first-order chi connectivity index (χ1) is 6.09. The molecule has 0 aliphatic carbocycles. The third kappa shape index (κ3) is 2.51. The molecule has 0 unspecified atom stereocenters. The molecule has 1 aromatic heterocycles. The number of hydrogen-bond acceptors (Lipinski definition) is 4. The van der Waals surface area contributed by atoms with E-state index in [1.54, 1.807) is 0 Å². The molecule has 0 radical (unpaired) electrons. The summed E-state index contributed by atoms with van der Waals surface area (Å²) in [6.45, 7) is -0.0907. The molecule has 70 valence electrons.